The molecule has 0 radical (unpaired) electrons. The third-order valence-electron chi connectivity index (χ3n) is 5.00. The molecule has 5 heteroatoms. The number of hydrogen-bond acceptors (Lipinski definition) is 3. The first-order valence-corrected chi connectivity index (χ1v) is 10.6. The molecule has 0 spiro atoms. The van der Waals surface area contributed by atoms with Crippen LogP contribution in [0, 0.1) is 0 Å². The highest BCUT2D eigenvalue weighted by Crippen LogP contribution is 2.37. The van der Waals surface area contributed by atoms with E-state index >= 15 is 0 Å². The molecular weight excluding hydrogens is 422 g/mol. The lowest BCUT2D eigenvalue weighted by Crippen LogP contribution is -2.15. The second-order valence-electron chi connectivity index (χ2n) is 7.53. The van der Waals surface area contributed by atoms with Crippen LogP contribution in [0.15, 0.2) is 72.8 Å². The minimum absolute atomic E-state index is 0.0928. The molecule has 0 aliphatic rings. The molecule has 0 saturated carbocycles. The van der Waals surface area contributed by atoms with Gasteiger partial charge in [0.15, 0.2) is 0 Å². The fraction of sp³-hybridized carbons (Fsp3) is 0.148. The first-order valence-electron chi connectivity index (χ1n) is 10.3. The molecule has 1 amide bonds. The van der Waals surface area contributed by atoms with E-state index < -0.39 is 5.91 Å². The number of halogens is 1. The number of hydrogen-bond donors (Lipinski definition) is 2. The van der Waals surface area contributed by atoms with Gasteiger partial charge in [-0.3, -0.25) is 4.79 Å². The molecule has 0 aromatic heterocycles. The zero-order valence-corrected chi connectivity index (χ0v) is 18.9. The maximum Gasteiger partial charge on any atom is 0.260 e. The van der Waals surface area contributed by atoms with Gasteiger partial charge in [-0.05, 0) is 61.2 Å². The molecule has 0 saturated heterocycles. The largest absolute Gasteiger partial charge is 0.507 e. The standard InChI is InChI=1S/C27H26ClNO3/c1-18(2)9-16-23-24(32-3)17-20(11-10-19-7-5-4-6-8-19)25(26(23)30)27(31)29-22-14-12-21(28)13-15-22/h4-8,10-15,17,30H,1,9,16H2,2-3H3,(H,29,31). The molecule has 0 heterocycles. The molecule has 3 rings (SSSR count). The maximum atomic E-state index is 13.2. The van der Waals surface area contributed by atoms with Crippen molar-refractivity contribution < 1.29 is 14.6 Å². The van der Waals surface area contributed by atoms with Crippen LogP contribution in [-0.4, -0.2) is 18.1 Å². The highest BCUT2D eigenvalue weighted by molar-refractivity contribution is 6.30. The predicted molar refractivity (Wildman–Crippen MR) is 133 cm³/mol. The van der Waals surface area contributed by atoms with E-state index in [1.807, 2.05) is 43.3 Å². The Morgan fingerprint density at radius 2 is 1.81 bits per heavy atom. The van der Waals surface area contributed by atoms with Crippen LogP contribution in [0.2, 0.25) is 5.02 Å². The van der Waals surface area contributed by atoms with Crippen molar-refractivity contribution in [2.45, 2.75) is 19.8 Å². The molecular formula is C27H26ClNO3. The quantitative estimate of drug-likeness (QED) is 0.289. The summed E-state index contributed by atoms with van der Waals surface area (Å²) in [5.74, 6) is 0.0149. The van der Waals surface area contributed by atoms with Crippen LogP contribution in [-0.2, 0) is 6.42 Å². The number of aromatic hydroxyl groups is 1. The Morgan fingerprint density at radius 1 is 1.12 bits per heavy atom. The number of ether oxygens (including phenoxy) is 1. The number of amides is 1. The van der Waals surface area contributed by atoms with Gasteiger partial charge >= 0.3 is 0 Å². The van der Waals surface area contributed by atoms with E-state index in [9.17, 15) is 9.90 Å². The van der Waals surface area contributed by atoms with Gasteiger partial charge in [-0.2, -0.15) is 0 Å². The number of benzene rings is 3. The topological polar surface area (TPSA) is 58.6 Å². The molecule has 0 aliphatic carbocycles. The van der Waals surface area contributed by atoms with Crippen LogP contribution in [0.5, 0.6) is 11.5 Å². The van der Waals surface area contributed by atoms with Crippen LogP contribution in [0.4, 0.5) is 5.69 Å². The fourth-order valence-electron chi connectivity index (χ4n) is 3.31. The van der Waals surface area contributed by atoms with Crippen LogP contribution in [0.3, 0.4) is 0 Å². The Balaban J connectivity index is 2.07. The summed E-state index contributed by atoms with van der Waals surface area (Å²) in [7, 11) is 1.55. The molecule has 0 atom stereocenters. The summed E-state index contributed by atoms with van der Waals surface area (Å²) in [5, 5.41) is 14.6. The van der Waals surface area contributed by atoms with Gasteiger partial charge in [-0.25, -0.2) is 0 Å². The monoisotopic (exact) mass is 447 g/mol. The molecule has 32 heavy (non-hydrogen) atoms. The number of phenolic OH excluding ortho intramolecular Hbond substituents is 1. The number of anilines is 1. The number of allylic oxidation sites excluding steroid dienone is 1. The molecule has 0 bridgehead atoms. The lowest BCUT2D eigenvalue weighted by atomic mass is 9.95. The van der Waals surface area contributed by atoms with Crippen LogP contribution in [0.25, 0.3) is 12.2 Å². The molecule has 0 aliphatic heterocycles. The first kappa shape index (κ1) is 23.2. The van der Waals surface area contributed by atoms with Crippen molar-refractivity contribution in [3.63, 3.8) is 0 Å². The number of carbonyl (C=O) groups is 1. The Bertz CT molecular complexity index is 1140. The second-order valence-corrected chi connectivity index (χ2v) is 7.97. The average molecular weight is 448 g/mol. The Morgan fingerprint density at radius 3 is 2.44 bits per heavy atom. The number of methoxy groups -OCH3 is 1. The third-order valence-corrected chi connectivity index (χ3v) is 5.25. The van der Waals surface area contributed by atoms with Crippen LogP contribution < -0.4 is 10.1 Å². The molecule has 0 fully saturated rings. The van der Waals surface area contributed by atoms with Gasteiger partial charge in [0, 0.05) is 16.3 Å². The van der Waals surface area contributed by atoms with Crippen molar-refractivity contribution in [3.05, 3.63) is 100 Å². The second kappa shape index (κ2) is 10.7. The lowest BCUT2D eigenvalue weighted by molar-refractivity contribution is 0.102. The van der Waals surface area contributed by atoms with Crippen molar-refractivity contribution in [2.24, 2.45) is 0 Å². The summed E-state index contributed by atoms with van der Waals surface area (Å²) < 4.78 is 5.55. The van der Waals surface area contributed by atoms with Gasteiger partial charge in [-0.1, -0.05) is 59.7 Å². The lowest BCUT2D eigenvalue weighted by Gasteiger charge is -2.17. The first-order chi connectivity index (χ1) is 15.4. The van der Waals surface area contributed by atoms with Gasteiger partial charge in [0.25, 0.3) is 5.91 Å². The third kappa shape index (κ3) is 5.80. The van der Waals surface area contributed by atoms with E-state index in [4.69, 9.17) is 16.3 Å². The van der Waals surface area contributed by atoms with Crippen LogP contribution >= 0.6 is 11.6 Å². The van der Waals surface area contributed by atoms with Crippen molar-refractivity contribution in [2.75, 3.05) is 12.4 Å². The Labute approximate surface area is 193 Å². The summed E-state index contributed by atoms with van der Waals surface area (Å²) in [6.45, 7) is 5.86. The molecule has 4 nitrogen and oxygen atoms in total. The van der Waals surface area contributed by atoms with Gasteiger partial charge in [-0.15, -0.1) is 6.58 Å². The number of rotatable bonds is 8. The van der Waals surface area contributed by atoms with E-state index in [1.165, 1.54) is 0 Å². The van der Waals surface area contributed by atoms with Crippen molar-refractivity contribution in [3.8, 4) is 11.5 Å². The minimum atomic E-state index is -0.420. The van der Waals surface area contributed by atoms with E-state index in [-0.39, 0.29) is 11.3 Å². The van der Waals surface area contributed by atoms with Crippen molar-refractivity contribution in [1.82, 2.24) is 0 Å². The van der Waals surface area contributed by atoms with Gasteiger partial charge in [0.05, 0.1) is 12.7 Å². The number of carbonyl (C=O) groups excluding carboxylic acids is 1. The predicted octanol–water partition coefficient (Wildman–Crippen LogP) is 6.99. The van der Waals surface area contributed by atoms with E-state index in [0.29, 0.717) is 40.4 Å². The number of phenols is 1. The smallest absolute Gasteiger partial charge is 0.260 e. The van der Waals surface area contributed by atoms with Gasteiger partial charge < -0.3 is 15.2 Å². The molecule has 2 N–H and O–H groups in total. The summed E-state index contributed by atoms with van der Waals surface area (Å²) >= 11 is 5.95. The van der Waals surface area contributed by atoms with E-state index in [2.05, 4.69) is 11.9 Å². The van der Waals surface area contributed by atoms with Crippen molar-refractivity contribution in [1.29, 1.82) is 0 Å². The summed E-state index contributed by atoms with van der Waals surface area (Å²) in [6, 6.07) is 18.3. The normalized spacial score (nSPS) is 10.8. The fourth-order valence-corrected chi connectivity index (χ4v) is 3.44. The Kier molecular flexibility index (Phi) is 7.74. The van der Waals surface area contributed by atoms with E-state index in [1.54, 1.807) is 43.5 Å². The highest BCUT2D eigenvalue weighted by Gasteiger charge is 2.22. The van der Waals surface area contributed by atoms with E-state index in [0.717, 1.165) is 11.1 Å². The average Bonchev–Trinajstić information content (AvgIpc) is 2.78. The Hall–Kier alpha value is -3.50. The van der Waals surface area contributed by atoms with Gasteiger partial charge in [0.1, 0.15) is 11.5 Å². The summed E-state index contributed by atoms with van der Waals surface area (Å²) in [6.07, 6.45) is 4.87. The highest BCUT2D eigenvalue weighted by atomic mass is 35.5. The SMILES string of the molecule is C=C(C)CCc1c(OC)cc(C=Cc2ccccc2)c(C(=O)Nc2ccc(Cl)cc2)c1O. The van der Waals surface area contributed by atoms with Gasteiger partial charge in [0.2, 0.25) is 0 Å². The minimum Gasteiger partial charge on any atom is -0.507 e. The molecule has 3 aromatic rings. The van der Waals surface area contributed by atoms with Crippen LogP contribution in [0.1, 0.15) is 40.4 Å². The zero-order valence-electron chi connectivity index (χ0n) is 18.2. The summed E-state index contributed by atoms with van der Waals surface area (Å²) in [4.78, 5) is 13.2. The summed E-state index contributed by atoms with van der Waals surface area (Å²) in [5.41, 5.74) is 3.84. The molecule has 164 valence electrons. The molecule has 3 aromatic carbocycles. The maximum absolute atomic E-state index is 13.2. The van der Waals surface area contributed by atoms with Crippen molar-refractivity contribution >= 4 is 35.3 Å². The zero-order chi connectivity index (χ0) is 23.1. The molecule has 0 unspecified atom stereocenters. The number of nitrogens with one attached hydrogen (secondary N) is 1.